The molecule has 1 aromatic rings. The number of ether oxygens (including phenoxy) is 2. The Balaban J connectivity index is 2.69. The first-order chi connectivity index (χ1) is 9.58. The minimum atomic E-state index is -0.722. The highest BCUT2D eigenvalue weighted by Crippen LogP contribution is 2.26. The molecule has 0 aliphatic heterocycles. The molecular formula is C15H24FNO3. The van der Waals surface area contributed by atoms with Crippen LogP contribution in [0.5, 0.6) is 5.75 Å². The van der Waals surface area contributed by atoms with Crippen LogP contribution in [0.3, 0.4) is 0 Å². The van der Waals surface area contributed by atoms with Crippen molar-refractivity contribution in [2.24, 2.45) is 0 Å². The Labute approximate surface area is 119 Å². The third-order valence-corrected chi connectivity index (χ3v) is 2.90. The maximum Gasteiger partial charge on any atom is 0.127 e. The van der Waals surface area contributed by atoms with E-state index in [9.17, 15) is 9.50 Å². The number of rotatable bonds is 9. The molecule has 0 saturated heterocycles. The van der Waals surface area contributed by atoms with Crippen molar-refractivity contribution < 1.29 is 19.0 Å². The summed E-state index contributed by atoms with van der Waals surface area (Å²) >= 11 is 0. The summed E-state index contributed by atoms with van der Waals surface area (Å²) in [5.41, 5.74) is 0.872. The molecule has 2 unspecified atom stereocenters. The van der Waals surface area contributed by atoms with Crippen LogP contribution in [0.4, 0.5) is 4.39 Å². The lowest BCUT2D eigenvalue weighted by Gasteiger charge is -2.19. The zero-order valence-corrected chi connectivity index (χ0v) is 12.4. The Bertz CT molecular complexity index is 401. The number of benzene rings is 1. The molecule has 1 aromatic carbocycles. The molecule has 0 aliphatic rings. The van der Waals surface area contributed by atoms with E-state index in [1.807, 2.05) is 20.8 Å². The van der Waals surface area contributed by atoms with Crippen LogP contribution in [0, 0.1) is 5.82 Å². The molecule has 0 radical (unpaired) electrons. The van der Waals surface area contributed by atoms with Gasteiger partial charge in [-0.2, -0.15) is 0 Å². The highest BCUT2D eigenvalue weighted by atomic mass is 19.1. The molecule has 5 heteroatoms. The molecule has 0 bridgehead atoms. The van der Waals surface area contributed by atoms with E-state index in [-0.39, 0.29) is 25.1 Å². The molecule has 0 spiro atoms. The van der Waals surface area contributed by atoms with Gasteiger partial charge < -0.3 is 19.9 Å². The number of hydrogen-bond donors (Lipinski definition) is 2. The summed E-state index contributed by atoms with van der Waals surface area (Å²) in [5.74, 6) is 0.0979. The normalized spacial score (nSPS) is 14.1. The maximum absolute atomic E-state index is 13.3. The van der Waals surface area contributed by atoms with Crippen molar-refractivity contribution in [2.75, 3.05) is 26.4 Å². The van der Waals surface area contributed by atoms with Gasteiger partial charge in [-0.15, -0.1) is 0 Å². The largest absolute Gasteiger partial charge is 0.490 e. The van der Waals surface area contributed by atoms with Crippen LogP contribution in [0.25, 0.3) is 0 Å². The van der Waals surface area contributed by atoms with Gasteiger partial charge in [0.2, 0.25) is 0 Å². The van der Waals surface area contributed by atoms with Crippen LogP contribution in [-0.2, 0) is 4.74 Å². The molecule has 20 heavy (non-hydrogen) atoms. The third-order valence-electron chi connectivity index (χ3n) is 2.90. The van der Waals surface area contributed by atoms with Gasteiger partial charge >= 0.3 is 0 Å². The number of aliphatic hydroxyl groups excluding tert-OH is 1. The summed E-state index contributed by atoms with van der Waals surface area (Å²) in [7, 11) is 0. The minimum Gasteiger partial charge on any atom is -0.490 e. The van der Waals surface area contributed by atoms with Crippen molar-refractivity contribution >= 4 is 0 Å². The lowest BCUT2D eigenvalue weighted by molar-refractivity contribution is 0.0161. The molecule has 0 amide bonds. The fourth-order valence-corrected chi connectivity index (χ4v) is 1.90. The zero-order chi connectivity index (χ0) is 15.0. The molecule has 2 N–H and O–H groups in total. The average Bonchev–Trinajstić information content (AvgIpc) is 2.43. The monoisotopic (exact) mass is 285 g/mol. The SMILES string of the molecule is CCNC(C)c1ccc(F)cc1OCC(O)COCC. The van der Waals surface area contributed by atoms with Gasteiger partial charge in [0, 0.05) is 24.3 Å². The number of aliphatic hydroxyl groups is 1. The van der Waals surface area contributed by atoms with Gasteiger partial charge in [-0.3, -0.25) is 0 Å². The molecule has 0 aromatic heterocycles. The first-order valence-electron chi connectivity index (χ1n) is 6.99. The van der Waals surface area contributed by atoms with E-state index in [0.717, 1.165) is 12.1 Å². The van der Waals surface area contributed by atoms with Gasteiger partial charge in [-0.05, 0) is 26.5 Å². The van der Waals surface area contributed by atoms with Crippen LogP contribution in [0.1, 0.15) is 32.4 Å². The molecule has 0 heterocycles. The Morgan fingerprint density at radius 3 is 2.70 bits per heavy atom. The van der Waals surface area contributed by atoms with Crippen molar-refractivity contribution in [2.45, 2.75) is 32.9 Å². The van der Waals surface area contributed by atoms with Crippen LogP contribution in [-0.4, -0.2) is 37.6 Å². The summed E-state index contributed by atoms with van der Waals surface area (Å²) in [6.07, 6.45) is -0.722. The van der Waals surface area contributed by atoms with Gasteiger partial charge in [0.1, 0.15) is 24.3 Å². The van der Waals surface area contributed by atoms with E-state index in [1.54, 1.807) is 6.07 Å². The smallest absolute Gasteiger partial charge is 0.127 e. The van der Waals surface area contributed by atoms with Gasteiger partial charge in [0.05, 0.1) is 6.61 Å². The van der Waals surface area contributed by atoms with Crippen molar-refractivity contribution in [1.82, 2.24) is 5.32 Å². The fourth-order valence-electron chi connectivity index (χ4n) is 1.90. The molecule has 0 saturated carbocycles. The summed E-state index contributed by atoms with van der Waals surface area (Å²) in [6, 6.07) is 4.51. The van der Waals surface area contributed by atoms with E-state index in [2.05, 4.69) is 5.32 Å². The molecule has 4 nitrogen and oxygen atoms in total. The lowest BCUT2D eigenvalue weighted by Crippen LogP contribution is -2.24. The Kier molecular flexibility index (Phi) is 7.51. The van der Waals surface area contributed by atoms with Gasteiger partial charge in [0.25, 0.3) is 0 Å². The van der Waals surface area contributed by atoms with Crippen molar-refractivity contribution in [1.29, 1.82) is 0 Å². The second kappa shape index (κ2) is 8.89. The number of hydrogen-bond acceptors (Lipinski definition) is 4. The topological polar surface area (TPSA) is 50.7 Å². The standard InChI is InChI=1S/C15H24FNO3/c1-4-17-11(3)14-7-6-12(16)8-15(14)20-10-13(18)9-19-5-2/h6-8,11,13,17-18H,4-5,9-10H2,1-3H3. The first kappa shape index (κ1) is 16.9. The Morgan fingerprint density at radius 2 is 2.05 bits per heavy atom. The highest BCUT2D eigenvalue weighted by Gasteiger charge is 2.13. The molecule has 1 rings (SSSR count). The number of halogens is 1. The predicted molar refractivity (Wildman–Crippen MR) is 76.5 cm³/mol. The third kappa shape index (κ3) is 5.45. The predicted octanol–water partition coefficient (Wildman–Crippen LogP) is 2.27. The van der Waals surface area contributed by atoms with Gasteiger partial charge in [0.15, 0.2) is 0 Å². The van der Waals surface area contributed by atoms with Crippen molar-refractivity contribution in [3.8, 4) is 5.75 Å². The second-order valence-corrected chi connectivity index (χ2v) is 4.59. The molecule has 114 valence electrons. The first-order valence-corrected chi connectivity index (χ1v) is 6.99. The Morgan fingerprint density at radius 1 is 1.30 bits per heavy atom. The van der Waals surface area contributed by atoms with Crippen molar-refractivity contribution in [3.05, 3.63) is 29.6 Å². The molecule has 0 fully saturated rings. The van der Waals surface area contributed by atoms with Crippen LogP contribution in [0.15, 0.2) is 18.2 Å². The summed E-state index contributed by atoms with van der Waals surface area (Å²) in [4.78, 5) is 0. The minimum absolute atomic E-state index is 0.0552. The Hall–Kier alpha value is -1.17. The summed E-state index contributed by atoms with van der Waals surface area (Å²) in [6.45, 7) is 7.49. The van der Waals surface area contributed by atoms with E-state index in [1.165, 1.54) is 12.1 Å². The number of nitrogens with one attached hydrogen (secondary N) is 1. The maximum atomic E-state index is 13.3. The van der Waals surface area contributed by atoms with E-state index in [4.69, 9.17) is 9.47 Å². The van der Waals surface area contributed by atoms with Crippen LogP contribution >= 0.6 is 0 Å². The summed E-state index contributed by atoms with van der Waals surface area (Å²) in [5, 5.41) is 12.9. The van der Waals surface area contributed by atoms with Crippen molar-refractivity contribution in [3.63, 3.8) is 0 Å². The van der Waals surface area contributed by atoms with E-state index < -0.39 is 6.10 Å². The van der Waals surface area contributed by atoms with Crippen LogP contribution < -0.4 is 10.1 Å². The second-order valence-electron chi connectivity index (χ2n) is 4.59. The fraction of sp³-hybridized carbons (Fsp3) is 0.600. The summed E-state index contributed by atoms with van der Waals surface area (Å²) < 4.78 is 24.0. The lowest BCUT2D eigenvalue weighted by atomic mass is 10.1. The molecule has 0 aliphatic carbocycles. The van der Waals surface area contributed by atoms with Gasteiger partial charge in [-0.25, -0.2) is 4.39 Å². The van der Waals surface area contributed by atoms with E-state index >= 15 is 0 Å². The average molecular weight is 285 g/mol. The van der Waals surface area contributed by atoms with Gasteiger partial charge in [-0.1, -0.05) is 13.0 Å². The highest BCUT2D eigenvalue weighted by molar-refractivity contribution is 5.36. The quantitative estimate of drug-likeness (QED) is 0.731. The zero-order valence-electron chi connectivity index (χ0n) is 12.4. The molecular weight excluding hydrogens is 261 g/mol. The van der Waals surface area contributed by atoms with E-state index in [0.29, 0.717) is 12.4 Å². The van der Waals surface area contributed by atoms with Crippen LogP contribution in [0.2, 0.25) is 0 Å². The molecule has 2 atom stereocenters.